The van der Waals surface area contributed by atoms with Gasteiger partial charge in [-0.3, -0.25) is 0 Å². The first-order chi connectivity index (χ1) is 4.87. The highest BCUT2D eigenvalue weighted by Crippen LogP contribution is 2.21. The lowest BCUT2D eigenvalue weighted by atomic mass is 9.88. The molecule has 3 heteroatoms. The Bertz CT molecular complexity index is 106. The third-order valence-electron chi connectivity index (χ3n) is 1.45. The minimum absolute atomic E-state index is 0.0183. The molecule has 11 heavy (non-hydrogen) atoms. The van der Waals surface area contributed by atoms with Gasteiger partial charge in [0.25, 0.3) is 0 Å². The maximum Gasteiger partial charge on any atom is 0.103 e. The van der Waals surface area contributed by atoms with Crippen LogP contribution < -0.4 is 0 Å². The van der Waals surface area contributed by atoms with Crippen LogP contribution in [0.25, 0.3) is 0 Å². The lowest BCUT2D eigenvalue weighted by molar-refractivity contribution is -0.0312. The van der Waals surface area contributed by atoms with Crippen LogP contribution in [-0.2, 0) is 0 Å². The highest BCUT2D eigenvalue weighted by Gasteiger charge is 2.22. The molecule has 3 N–H and O–H groups in total. The Morgan fingerprint density at radius 1 is 1.09 bits per heavy atom. The summed E-state index contributed by atoms with van der Waals surface area (Å²) in [5.74, 6) is 0. The second-order valence-electron chi connectivity index (χ2n) is 4.08. The quantitative estimate of drug-likeness (QED) is 0.553. The number of aliphatic hydroxyl groups is 3. The standard InChI is InChI=1S/C8H18O3/c1-8(2,3)4-6(10)7(11)5-9/h6-7,9-11H,4-5H2,1-3H3/t6-,7+/m1/s1. The summed E-state index contributed by atoms with van der Waals surface area (Å²) in [5, 5.41) is 26.7. The smallest absolute Gasteiger partial charge is 0.103 e. The summed E-state index contributed by atoms with van der Waals surface area (Å²) >= 11 is 0. The van der Waals surface area contributed by atoms with Gasteiger partial charge in [-0.15, -0.1) is 0 Å². The molecule has 3 nitrogen and oxygen atoms in total. The molecule has 0 bridgehead atoms. The van der Waals surface area contributed by atoms with Crippen LogP contribution in [0.2, 0.25) is 0 Å². The summed E-state index contributed by atoms with van der Waals surface area (Å²) in [6.07, 6.45) is -1.33. The first-order valence-corrected chi connectivity index (χ1v) is 3.84. The fraction of sp³-hybridized carbons (Fsp3) is 1.00. The van der Waals surface area contributed by atoms with E-state index in [0.717, 1.165) is 0 Å². The van der Waals surface area contributed by atoms with E-state index in [1.54, 1.807) is 0 Å². The van der Waals surface area contributed by atoms with Gasteiger partial charge in [0.15, 0.2) is 0 Å². The molecule has 0 aliphatic rings. The maximum atomic E-state index is 9.24. The maximum absolute atomic E-state index is 9.24. The van der Waals surface area contributed by atoms with Crippen molar-refractivity contribution < 1.29 is 15.3 Å². The molecule has 0 saturated heterocycles. The molecule has 0 heterocycles. The zero-order valence-corrected chi connectivity index (χ0v) is 7.41. The third kappa shape index (κ3) is 5.18. The zero-order valence-electron chi connectivity index (χ0n) is 7.41. The van der Waals surface area contributed by atoms with Gasteiger partial charge >= 0.3 is 0 Å². The van der Waals surface area contributed by atoms with Crippen molar-refractivity contribution in [1.29, 1.82) is 0 Å². The second kappa shape index (κ2) is 4.04. The summed E-state index contributed by atoms with van der Waals surface area (Å²) in [5.41, 5.74) is -0.0183. The Balaban J connectivity index is 3.77. The van der Waals surface area contributed by atoms with Gasteiger partial charge in [0.1, 0.15) is 6.10 Å². The van der Waals surface area contributed by atoms with Gasteiger partial charge < -0.3 is 15.3 Å². The predicted octanol–water partition coefficient (Wildman–Crippen LogP) is 0.137. The van der Waals surface area contributed by atoms with Crippen molar-refractivity contribution in [2.75, 3.05) is 6.61 Å². The first kappa shape index (κ1) is 10.9. The molecule has 0 rings (SSSR count). The number of hydrogen-bond acceptors (Lipinski definition) is 3. The summed E-state index contributed by atoms with van der Waals surface area (Å²) in [4.78, 5) is 0. The molecule has 0 unspecified atom stereocenters. The van der Waals surface area contributed by atoms with E-state index in [1.165, 1.54) is 0 Å². The SMILES string of the molecule is CC(C)(C)C[C@@H](O)[C@@H](O)CO. The molecule has 0 saturated carbocycles. The number of hydrogen-bond donors (Lipinski definition) is 3. The van der Waals surface area contributed by atoms with E-state index in [4.69, 9.17) is 10.2 Å². The van der Waals surface area contributed by atoms with Crippen LogP contribution in [0.4, 0.5) is 0 Å². The summed E-state index contributed by atoms with van der Waals surface area (Å²) in [6, 6.07) is 0. The molecule has 0 aromatic heterocycles. The molecule has 0 aliphatic carbocycles. The molecule has 0 fully saturated rings. The van der Waals surface area contributed by atoms with E-state index in [9.17, 15) is 5.11 Å². The van der Waals surface area contributed by atoms with Gasteiger partial charge in [0.05, 0.1) is 12.7 Å². The molecule has 0 aromatic carbocycles. The van der Waals surface area contributed by atoms with E-state index >= 15 is 0 Å². The van der Waals surface area contributed by atoms with E-state index < -0.39 is 12.2 Å². The van der Waals surface area contributed by atoms with E-state index in [1.807, 2.05) is 20.8 Å². The fourth-order valence-electron chi connectivity index (χ4n) is 0.885. The predicted molar refractivity (Wildman–Crippen MR) is 43.2 cm³/mol. The van der Waals surface area contributed by atoms with Crippen LogP contribution in [0.1, 0.15) is 27.2 Å². The topological polar surface area (TPSA) is 60.7 Å². The Morgan fingerprint density at radius 2 is 1.55 bits per heavy atom. The summed E-state index contributed by atoms with van der Waals surface area (Å²) < 4.78 is 0. The van der Waals surface area contributed by atoms with Crippen LogP contribution in [0, 0.1) is 5.41 Å². The Morgan fingerprint density at radius 3 is 1.82 bits per heavy atom. The molecule has 2 atom stereocenters. The van der Waals surface area contributed by atoms with Crippen molar-refractivity contribution in [3.8, 4) is 0 Å². The van der Waals surface area contributed by atoms with Gasteiger partial charge in [-0.1, -0.05) is 20.8 Å². The van der Waals surface area contributed by atoms with Gasteiger partial charge in [-0.2, -0.15) is 0 Å². The lowest BCUT2D eigenvalue weighted by Gasteiger charge is -2.24. The Kier molecular flexibility index (Phi) is 4.00. The minimum Gasteiger partial charge on any atom is -0.394 e. The molecule has 0 radical (unpaired) electrons. The van der Waals surface area contributed by atoms with Crippen LogP contribution in [0.3, 0.4) is 0 Å². The van der Waals surface area contributed by atoms with Gasteiger partial charge in [0.2, 0.25) is 0 Å². The number of aliphatic hydroxyl groups excluding tert-OH is 3. The fourth-order valence-corrected chi connectivity index (χ4v) is 0.885. The first-order valence-electron chi connectivity index (χ1n) is 3.84. The molecule has 0 amide bonds. The Labute approximate surface area is 67.7 Å². The van der Waals surface area contributed by atoms with Gasteiger partial charge in [0, 0.05) is 0 Å². The van der Waals surface area contributed by atoms with E-state index in [-0.39, 0.29) is 12.0 Å². The van der Waals surface area contributed by atoms with E-state index in [0.29, 0.717) is 6.42 Å². The minimum atomic E-state index is -1.01. The highest BCUT2D eigenvalue weighted by atomic mass is 16.4. The zero-order chi connectivity index (χ0) is 9.07. The van der Waals surface area contributed by atoms with Crippen LogP contribution in [-0.4, -0.2) is 34.1 Å². The highest BCUT2D eigenvalue weighted by molar-refractivity contribution is 4.73. The van der Waals surface area contributed by atoms with Crippen molar-refractivity contribution in [1.82, 2.24) is 0 Å². The monoisotopic (exact) mass is 162 g/mol. The van der Waals surface area contributed by atoms with Crippen LogP contribution >= 0.6 is 0 Å². The molecule has 0 aliphatic heterocycles. The van der Waals surface area contributed by atoms with E-state index in [2.05, 4.69) is 0 Å². The largest absolute Gasteiger partial charge is 0.394 e. The van der Waals surface area contributed by atoms with Crippen molar-refractivity contribution in [2.24, 2.45) is 5.41 Å². The molecule has 0 aromatic rings. The molecule has 0 spiro atoms. The Hall–Kier alpha value is -0.120. The lowest BCUT2D eigenvalue weighted by Crippen LogP contribution is -2.32. The number of rotatable bonds is 3. The van der Waals surface area contributed by atoms with Crippen LogP contribution in [0.5, 0.6) is 0 Å². The normalized spacial score (nSPS) is 18.0. The van der Waals surface area contributed by atoms with Crippen molar-refractivity contribution in [2.45, 2.75) is 39.4 Å². The molecule has 68 valence electrons. The van der Waals surface area contributed by atoms with Crippen molar-refractivity contribution in [3.05, 3.63) is 0 Å². The van der Waals surface area contributed by atoms with Gasteiger partial charge in [-0.25, -0.2) is 0 Å². The summed E-state index contributed by atoms with van der Waals surface area (Å²) in [7, 11) is 0. The third-order valence-corrected chi connectivity index (χ3v) is 1.45. The van der Waals surface area contributed by atoms with Crippen LogP contribution in [0.15, 0.2) is 0 Å². The molecular weight excluding hydrogens is 144 g/mol. The van der Waals surface area contributed by atoms with Gasteiger partial charge in [-0.05, 0) is 11.8 Å². The average Bonchev–Trinajstić information content (AvgIpc) is 1.82. The van der Waals surface area contributed by atoms with Crippen molar-refractivity contribution in [3.63, 3.8) is 0 Å². The molecular formula is C8H18O3. The average molecular weight is 162 g/mol. The second-order valence-corrected chi connectivity index (χ2v) is 4.08. The summed E-state index contributed by atoms with van der Waals surface area (Å²) in [6.45, 7) is 5.54. The van der Waals surface area contributed by atoms with Crippen molar-refractivity contribution >= 4 is 0 Å².